The number of halogens is 1. The molecule has 0 amide bonds. The fourth-order valence-electron chi connectivity index (χ4n) is 2.38. The van der Waals surface area contributed by atoms with Crippen LogP contribution in [0.1, 0.15) is 30.7 Å². The number of hydrogen-bond acceptors (Lipinski definition) is 2. The summed E-state index contributed by atoms with van der Waals surface area (Å²) in [6.07, 6.45) is 2.95. The highest BCUT2D eigenvalue weighted by Gasteiger charge is 2.10. The lowest BCUT2D eigenvalue weighted by atomic mass is 9.93. The van der Waals surface area contributed by atoms with Gasteiger partial charge in [0.05, 0.1) is 6.61 Å². The van der Waals surface area contributed by atoms with E-state index in [0.717, 1.165) is 30.6 Å². The molecule has 0 aliphatic carbocycles. The fourth-order valence-corrected chi connectivity index (χ4v) is 2.38. The summed E-state index contributed by atoms with van der Waals surface area (Å²) in [6.45, 7) is 1.24. The highest BCUT2D eigenvalue weighted by molar-refractivity contribution is 5.21. The molecule has 2 N–H and O–H groups in total. The average Bonchev–Trinajstić information content (AvgIpc) is 2.52. The predicted octanol–water partition coefficient (Wildman–Crippen LogP) is 4.12. The number of benzene rings is 2. The largest absolute Gasteiger partial charge is 0.494 e. The van der Waals surface area contributed by atoms with Gasteiger partial charge in [0.25, 0.3) is 0 Å². The van der Waals surface area contributed by atoms with Crippen LogP contribution in [0.25, 0.3) is 0 Å². The van der Waals surface area contributed by atoms with Crippen LogP contribution in [0.3, 0.4) is 0 Å². The highest BCUT2D eigenvalue weighted by Crippen LogP contribution is 2.21. The van der Waals surface area contributed by atoms with Crippen molar-refractivity contribution < 1.29 is 9.13 Å². The van der Waals surface area contributed by atoms with E-state index < -0.39 is 0 Å². The van der Waals surface area contributed by atoms with E-state index in [0.29, 0.717) is 13.2 Å². The molecule has 1 atom stereocenters. The predicted molar refractivity (Wildman–Crippen MR) is 84.0 cm³/mol. The third kappa shape index (κ3) is 5.20. The third-order valence-electron chi connectivity index (χ3n) is 3.56. The van der Waals surface area contributed by atoms with Gasteiger partial charge in [0.15, 0.2) is 0 Å². The van der Waals surface area contributed by atoms with E-state index in [1.165, 1.54) is 6.07 Å². The van der Waals surface area contributed by atoms with Crippen LogP contribution >= 0.6 is 0 Å². The SMILES string of the molecule is NCC(CCCCOc1ccccc1)c1cccc(F)c1. The van der Waals surface area contributed by atoms with E-state index in [4.69, 9.17) is 10.5 Å². The minimum absolute atomic E-state index is 0.196. The Bertz CT molecular complexity index is 530. The summed E-state index contributed by atoms with van der Waals surface area (Å²) < 4.78 is 18.9. The van der Waals surface area contributed by atoms with Crippen LogP contribution in [-0.2, 0) is 0 Å². The van der Waals surface area contributed by atoms with E-state index in [1.54, 1.807) is 12.1 Å². The molecule has 0 bridgehead atoms. The van der Waals surface area contributed by atoms with Crippen molar-refractivity contribution >= 4 is 0 Å². The van der Waals surface area contributed by atoms with Gasteiger partial charge in [0.1, 0.15) is 11.6 Å². The molecule has 3 heteroatoms. The molecule has 0 aliphatic heterocycles. The smallest absolute Gasteiger partial charge is 0.123 e. The molecule has 0 saturated carbocycles. The molecule has 21 heavy (non-hydrogen) atoms. The van der Waals surface area contributed by atoms with E-state index in [-0.39, 0.29) is 11.7 Å². The van der Waals surface area contributed by atoms with Crippen molar-refractivity contribution in [1.29, 1.82) is 0 Å². The topological polar surface area (TPSA) is 35.2 Å². The summed E-state index contributed by atoms with van der Waals surface area (Å²) in [5.74, 6) is 0.925. The second-order valence-corrected chi connectivity index (χ2v) is 5.14. The Morgan fingerprint density at radius 1 is 1.00 bits per heavy atom. The van der Waals surface area contributed by atoms with Gasteiger partial charge in [0, 0.05) is 0 Å². The van der Waals surface area contributed by atoms with Crippen LogP contribution in [0.2, 0.25) is 0 Å². The van der Waals surface area contributed by atoms with Gasteiger partial charge < -0.3 is 10.5 Å². The van der Waals surface area contributed by atoms with Crippen molar-refractivity contribution in [2.45, 2.75) is 25.2 Å². The maximum absolute atomic E-state index is 13.2. The maximum Gasteiger partial charge on any atom is 0.123 e. The van der Waals surface area contributed by atoms with Gasteiger partial charge in [-0.3, -0.25) is 0 Å². The van der Waals surface area contributed by atoms with Gasteiger partial charge in [-0.2, -0.15) is 0 Å². The molecule has 112 valence electrons. The van der Waals surface area contributed by atoms with Crippen molar-refractivity contribution in [3.63, 3.8) is 0 Å². The molecule has 0 spiro atoms. The minimum atomic E-state index is -0.196. The summed E-state index contributed by atoms with van der Waals surface area (Å²) >= 11 is 0. The lowest BCUT2D eigenvalue weighted by Gasteiger charge is -2.15. The Balaban J connectivity index is 1.71. The van der Waals surface area contributed by atoms with E-state index in [2.05, 4.69) is 0 Å². The Labute approximate surface area is 125 Å². The maximum atomic E-state index is 13.2. The summed E-state index contributed by atoms with van der Waals surface area (Å²) in [6, 6.07) is 16.5. The summed E-state index contributed by atoms with van der Waals surface area (Å²) in [7, 11) is 0. The lowest BCUT2D eigenvalue weighted by molar-refractivity contribution is 0.303. The fraction of sp³-hybridized carbons (Fsp3) is 0.333. The third-order valence-corrected chi connectivity index (χ3v) is 3.56. The number of hydrogen-bond donors (Lipinski definition) is 1. The van der Waals surface area contributed by atoms with Gasteiger partial charge in [-0.15, -0.1) is 0 Å². The summed E-state index contributed by atoms with van der Waals surface area (Å²) in [4.78, 5) is 0. The van der Waals surface area contributed by atoms with E-state index in [9.17, 15) is 4.39 Å². The van der Waals surface area contributed by atoms with Gasteiger partial charge in [-0.05, 0) is 61.6 Å². The van der Waals surface area contributed by atoms with Crippen LogP contribution < -0.4 is 10.5 Å². The quantitative estimate of drug-likeness (QED) is 0.741. The van der Waals surface area contributed by atoms with Crippen LogP contribution in [-0.4, -0.2) is 13.2 Å². The first kappa shape index (κ1) is 15.5. The second kappa shape index (κ2) is 8.42. The molecule has 2 aromatic carbocycles. The van der Waals surface area contributed by atoms with E-state index >= 15 is 0 Å². The van der Waals surface area contributed by atoms with Crippen LogP contribution in [0.5, 0.6) is 5.75 Å². The first-order chi connectivity index (χ1) is 10.3. The van der Waals surface area contributed by atoms with Crippen LogP contribution in [0.4, 0.5) is 4.39 Å². The van der Waals surface area contributed by atoms with Gasteiger partial charge >= 0.3 is 0 Å². The first-order valence-corrected chi connectivity index (χ1v) is 7.43. The molecular formula is C18H22FNO. The van der Waals surface area contributed by atoms with Crippen molar-refractivity contribution in [3.05, 3.63) is 66.0 Å². The van der Waals surface area contributed by atoms with Gasteiger partial charge in [-0.1, -0.05) is 30.3 Å². The zero-order valence-corrected chi connectivity index (χ0v) is 12.2. The molecule has 0 aliphatic rings. The molecule has 0 aromatic heterocycles. The molecular weight excluding hydrogens is 265 g/mol. The Kier molecular flexibility index (Phi) is 6.22. The molecule has 2 nitrogen and oxygen atoms in total. The van der Waals surface area contributed by atoms with E-state index in [1.807, 2.05) is 36.4 Å². The van der Waals surface area contributed by atoms with Gasteiger partial charge in [0.2, 0.25) is 0 Å². The monoisotopic (exact) mass is 287 g/mol. The van der Waals surface area contributed by atoms with Crippen molar-refractivity contribution in [3.8, 4) is 5.75 Å². The van der Waals surface area contributed by atoms with Crippen LogP contribution in [0.15, 0.2) is 54.6 Å². The molecule has 0 radical (unpaired) electrons. The molecule has 2 aromatic rings. The zero-order chi connectivity index (χ0) is 14.9. The first-order valence-electron chi connectivity index (χ1n) is 7.43. The zero-order valence-electron chi connectivity index (χ0n) is 12.2. The van der Waals surface area contributed by atoms with Crippen molar-refractivity contribution in [2.24, 2.45) is 5.73 Å². The van der Waals surface area contributed by atoms with Gasteiger partial charge in [-0.25, -0.2) is 4.39 Å². The molecule has 0 heterocycles. The number of ether oxygens (including phenoxy) is 1. The molecule has 0 saturated heterocycles. The Morgan fingerprint density at radius 3 is 2.52 bits per heavy atom. The number of nitrogens with two attached hydrogens (primary N) is 1. The van der Waals surface area contributed by atoms with Crippen molar-refractivity contribution in [2.75, 3.05) is 13.2 Å². The average molecular weight is 287 g/mol. The molecule has 0 fully saturated rings. The molecule has 1 unspecified atom stereocenters. The summed E-state index contributed by atoms with van der Waals surface area (Å²) in [5, 5.41) is 0. The van der Waals surface area contributed by atoms with Crippen LogP contribution in [0, 0.1) is 5.82 Å². The minimum Gasteiger partial charge on any atom is -0.494 e. The Hall–Kier alpha value is -1.87. The standard InChI is InChI=1S/C18H22FNO/c19-17-9-6-8-15(13-17)16(14-20)7-4-5-12-21-18-10-2-1-3-11-18/h1-3,6,8-11,13,16H,4-5,7,12,14,20H2. The summed E-state index contributed by atoms with van der Waals surface area (Å²) in [5.41, 5.74) is 6.79. The number of para-hydroxylation sites is 1. The number of unbranched alkanes of at least 4 members (excludes halogenated alkanes) is 1. The lowest BCUT2D eigenvalue weighted by Crippen LogP contribution is -2.13. The number of rotatable bonds is 8. The normalized spacial score (nSPS) is 12.1. The van der Waals surface area contributed by atoms with Crippen molar-refractivity contribution in [1.82, 2.24) is 0 Å². The molecule has 2 rings (SSSR count). The Morgan fingerprint density at radius 2 is 1.81 bits per heavy atom. The highest BCUT2D eigenvalue weighted by atomic mass is 19.1. The second-order valence-electron chi connectivity index (χ2n) is 5.14.